The molecule has 4 N–H and O–H groups in total. The van der Waals surface area contributed by atoms with E-state index in [9.17, 15) is 0 Å². The summed E-state index contributed by atoms with van der Waals surface area (Å²) in [5, 5.41) is 7.11. The van der Waals surface area contributed by atoms with Crippen molar-refractivity contribution in [1.29, 1.82) is 0 Å². The molecule has 1 unspecified atom stereocenters. The second-order valence-corrected chi connectivity index (χ2v) is 10.0. The van der Waals surface area contributed by atoms with Gasteiger partial charge in [0, 0.05) is 18.8 Å². The van der Waals surface area contributed by atoms with Gasteiger partial charge < -0.3 is 24.6 Å². The largest absolute Gasteiger partial charge is 0.495 e. The zero-order valence-corrected chi connectivity index (χ0v) is 21.3. The van der Waals surface area contributed by atoms with Gasteiger partial charge in [0.2, 0.25) is 11.9 Å². The van der Waals surface area contributed by atoms with E-state index in [-0.39, 0.29) is 0 Å². The van der Waals surface area contributed by atoms with Crippen LogP contribution in [0.25, 0.3) is 0 Å². The molecule has 34 heavy (non-hydrogen) atoms. The first-order chi connectivity index (χ1) is 16.3. The lowest BCUT2D eigenvalue weighted by atomic mass is 9.90. The first kappa shape index (κ1) is 25.0. The third kappa shape index (κ3) is 6.33. The molecule has 1 aliphatic carbocycles. The van der Waals surface area contributed by atoms with Crippen LogP contribution in [0.5, 0.6) is 5.75 Å². The van der Waals surface area contributed by atoms with E-state index in [4.69, 9.17) is 31.8 Å². The van der Waals surface area contributed by atoms with E-state index in [0.29, 0.717) is 41.3 Å². The SMILES string of the molecule is COc1ccc(NC2=NC(N)(OCC3CCCCC3)N=C(N(C)C3CCN(C)CC3)N2)cc1Cl. The Hall–Kier alpha value is -2.07. The number of methoxy groups -OCH3 is 1. The fraction of sp³-hybridized carbons (Fsp3) is 0.667. The number of benzene rings is 1. The molecule has 1 saturated carbocycles. The Labute approximate surface area is 207 Å². The van der Waals surface area contributed by atoms with Gasteiger partial charge in [-0.1, -0.05) is 30.9 Å². The smallest absolute Gasteiger partial charge is 0.324 e. The van der Waals surface area contributed by atoms with Gasteiger partial charge in [0.05, 0.1) is 18.7 Å². The molecule has 0 spiro atoms. The Morgan fingerprint density at radius 1 is 1.21 bits per heavy atom. The second kappa shape index (κ2) is 11.1. The molecule has 9 nitrogen and oxygen atoms in total. The van der Waals surface area contributed by atoms with Crippen LogP contribution in [0.3, 0.4) is 0 Å². The number of nitrogens with zero attached hydrogens (tertiary/aromatic N) is 4. The van der Waals surface area contributed by atoms with E-state index in [1.54, 1.807) is 13.2 Å². The lowest BCUT2D eigenvalue weighted by Gasteiger charge is -2.39. The van der Waals surface area contributed by atoms with Crippen molar-refractivity contribution in [2.75, 3.05) is 46.2 Å². The number of anilines is 1. The van der Waals surface area contributed by atoms with Gasteiger partial charge >= 0.3 is 5.97 Å². The quantitative estimate of drug-likeness (QED) is 0.525. The number of rotatable bonds is 6. The summed E-state index contributed by atoms with van der Waals surface area (Å²) in [4.78, 5) is 13.9. The van der Waals surface area contributed by atoms with E-state index in [1.807, 2.05) is 12.1 Å². The minimum Gasteiger partial charge on any atom is -0.495 e. The van der Waals surface area contributed by atoms with Gasteiger partial charge in [0.15, 0.2) is 0 Å². The number of guanidine groups is 2. The first-order valence-corrected chi connectivity index (χ1v) is 12.6. The Balaban J connectivity index is 1.52. The molecule has 1 aromatic carbocycles. The van der Waals surface area contributed by atoms with Crippen molar-refractivity contribution in [2.24, 2.45) is 21.6 Å². The minimum absolute atomic E-state index is 0.361. The first-order valence-electron chi connectivity index (χ1n) is 12.3. The maximum atomic E-state index is 6.62. The van der Waals surface area contributed by atoms with Crippen molar-refractivity contribution >= 4 is 29.2 Å². The van der Waals surface area contributed by atoms with Crippen molar-refractivity contribution in [3.63, 3.8) is 0 Å². The number of ether oxygens (including phenoxy) is 2. The number of likely N-dealkylation sites (tertiary alicyclic amines) is 1. The van der Waals surface area contributed by atoms with Crippen molar-refractivity contribution in [3.8, 4) is 5.75 Å². The number of nitrogens with two attached hydrogens (primary N) is 1. The molecule has 188 valence electrons. The lowest BCUT2D eigenvalue weighted by Crippen LogP contribution is -2.58. The topological polar surface area (TPSA) is 99.7 Å². The molecule has 2 fully saturated rings. The molecular weight excluding hydrogens is 454 g/mol. The molecule has 1 atom stereocenters. The molecule has 0 bridgehead atoms. The minimum atomic E-state index is -1.49. The maximum absolute atomic E-state index is 6.62. The van der Waals surface area contributed by atoms with E-state index >= 15 is 0 Å². The molecule has 2 heterocycles. The fourth-order valence-electron chi connectivity index (χ4n) is 4.82. The number of halogens is 1. The summed E-state index contributed by atoms with van der Waals surface area (Å²) < 4.78 is 11.4. The predicted molar refractivity (Wildman–Crippen MR) is 137 cm³/mol. The standard InChI is InChI=1S/C24H38ClN7O2/c1-31-13-11-19(12-14-31)32(2)23-28-22(27-18-9-10-21(33-3)20(25)15-18)29-24(26,30-23)34-16-17-7-5-4-6-8-17/h9-10,15,17,19H,4-8,11-14,16,26H2,1-3H3,(H2,27,28,29,30). The molecule has 4 rings (SSSR count). The fourth-order valence-corrected chi connectivity index (χ4v) is 5.08. The van der Waals surface area contributed by atoms with Crippen LogP contribution in [-0.2, 0) is 4.74 Å². The number of hydrogen-bond donors (Lipinski definition) is 3. The molecule has 1 aromatic rings. The third-order valence-corrected chi connectivity index (χ3v) is 7.30. The zero-order valence-electron chi connectivity index (χ0n) is 20.5. The Morgan fingerprint density at radius 3 is 2.62 bits per heavy atom. The van der Waals surface area contributed by atoms with Crippen LogP contribution < -0.4 is 21.1 Å². The van der Waals surface area contributed by atoms with Crippen molar-refractivity contribution in [1.82, 2.24) is 15.1 Å². The van der Waals surface area contributed by atoms with Crippen LogP contribution in [0.4, 0.5) is 5.69 Å². The van der Waals surface area contributed by atoms with Gasteiger partial charge in [-0.3, -0.25) is 11.1 Å². The highest BCUT2D eigenvalue weighted by Crippen LogP contribution is 2.28. The van der Waals surface area contributed by atoms with Crippen LogP contribution in [-0.4, -0.2) is 74.6 Å². The third-order valence-electron chi connectivity index (χ3n) is 7.01. The van der Waals surface area contributed by atoms with Crippen molar-refractivity contribution < 1.29 is 9.47 Å². The average molecular weight is 492 g/mol. The highest BCUT2D eigenvalue weighted by atomic mass is 35.5. The highest BCUT2D eigenvalue weighted by molar-refractivity contribution is 6.32. The van der Waals surface area contributed by atoms with Crippen LogP contribution in [0.15, 0.2) is 28.2 Å². The predicted octanol–water partition coefficient (Wildman–Crippen LogP) is 3.27. The molecule has 10 heteroatoms. The van der Waals surface area contributed by atoms with Gasteiger partial charge in [-0.2, -0.15) is 9.98 Å². The summed E-state index contributed by atoms with van der Waals surface area (Å²) >= 11 is 6.32. The second-order valence-electron chi connectivity index (χ2n) is 9.61. The molecule has 0 aromatic heterocycles. The van der Waals surface area contributed by atoms with E-state index < -0.39 is 5.97 Å². The number of piperidine rings is 1. The molecule has 1 saturated heterocycles. The van der Waals surface area contributed by atoms with E-state index in [1.165, 1.54) is 32.1 Å². The number of hydrogen-bond acceptors (Lipinski definition) is 9. The molecule has 3 aliphatic rings. The van der Waals surface area contributed by atoms with E-state index in [0.717, 1.165) is 31.6 Å². The van der Waals surface area contributed by atoms with Crippen molar-refractivity contribution in [3.05, 3.63) is 23.2 Å². The summed E-state index contributed by atoms with van der Waals surface area (Å²) in [6.07, 6.45) is 8.24. The summed E-state index contributed by atoms with van der Waals surface area (Å²) in [5.41, 5.74) is 7.38. The summed E-state index contributed by atoms with van der Waals surface area (Å²) in [6, 6.07) is 5.84. The van der Waals surface area contributed by atoms with Crippen LogP contribution in [0, 0.1) is 5.92 Å². The average Bonchev–Trinajstić information content (AvgIpc) is 2.83. The monoisotopic (exact) mass is 491 g/mol. The van der Waals surface area contributed by atoms with Gasteiger partial charge in [-0.05, 0) is 69.9 Å². The van der Waals surface area contributed by atoms with Crippen molar-refractivity contribution in [2.45, 2.75) is 57.0 Å². The summed E-state index contributed by atoms with van der Waals surface area (Å²) in [6.45, 7) is 2.66. The zero-order chi connectivity index (χ0) is 24.1. The highest BCUT2D eigenvalue weighted by Gasteiger charge is 2.34. The van der Waals surface area contributed by atoms with Crippen LogP contribution >= 0.6 is 11.6 Å². The molecule has 0 amide bonds. The normalized spacial score (nSPS) is 24.7. The number of nitrogens with one attached hydrogen (secondary N) is 2. The maximum Gasteiger partial charge on any atom is 0.324 e. The van der Waals surface area contributed by atoms with Crippen LogP contribution in [0.2, 0.25) is 5.02 Å². The van der Waals surface area contributed by atoms with Gasteiger partial charge in [-0.25, -0.2) is 0 Å². The summed E-state index contributed by atoms with van der Waals surface area (Å²) in [7, 11) is 5.80. The van der Waals surface area contributed by atoms with Gasteiger partial charge in [0.1, 0.15) is 5.75 Å². The van der Waals surface area contributed by atoms with Crippen LogP contribution in [0.1, 0.15) is 44.9 Å². The Kier molecular flexibility index (Phi) is 8.18. The lowest BCUT2D eigenvalue weighted by molar-refractivity contribution is -0.0517. The summed E-state index contributed by atoms with van der Waals surface area (Å²) in [5.74, 6) is 0.742. The van der Waals surface area contributed by atoms with Gasteiger partial charge in [-0.15, -0.1) is 0 Å². The molecular formula is C24H38ClN7O2. The molecule has 0 radical (unpaired) electrons. The van der Waals surface area contributed by atoms with Gasteiger partial charge in [0.25, 0.3) is 0 Å². The molecule has 2 aliphatic heterocycles. The number of aliphatic imine (C=N–C) groups is 2. The van der Waals surface area contributed by atoms with E-state index in [2.05, 4.69) is 39.5 Å². The Bertz CT molecular complexity index is 897. The Morgan fingerprint density at radius 2 is 1.94 bits per heavy atom.